The van der Waals surface area contributed by atoms with Crippen LogP contribution in [0.25, 0.3) is 0 Å². The van der Waals surface area contributed by atoms with E-state index in [1.165, 1.54) is 58.2 Å². The van der Waals surface area contributed by atoms with Crippen LogP contribution in [0.5, 0.6) is 0 Å². The zero-order chi connectivity index (χ0) is 14.1. The van der Waals surface area contributed by atoms with Gasteiger partial charge in [0, 0.05) is 13.2 Å². The Bertz CT molecular complexity index is 203. The van der Waals surface area contributed by atoms with Crippen molar-refractivity contribution in [1.82, 2.24) is 4.90 Å². The maximum Gasteiger partial charge on any atom is 0.0578 e. The Labute approximate surface area is 128 Å². The van der Waals surface area contributed by atoms with Crippen LogP contribution < -0.4 is 0 Å². The van der Waals surface area contributed by atoms with E-state index < -0.39 is 0 Å². The van der Waals surface area contributed by atoms with E-state index in [2.05, 4.69) is 32.6 Å². The maximum atomic E-state index is 5.46. The standard InChI is InChI=1S/C9H19N.C8H16O.CH4/c1-9(2)8-10-6-4-3-5-7-10;1-7(2)6-8-4-3-5-9-8;/h9H,3-8H2,1-2H3;7-8H,3-6H2,1-2H3;1H4. The molecule has 1 atom stereocenters. The van der Waals surface area contributed by atoms with Gasteiger partial charge >= 0.3 is 0 Å². The summed E-state index contributed by atoms with van der Waals surface area (Å²) in [6.07, 6.45) is 8.70. The molecular weight excluding hydrogens is 246 g/mol. The number of hydrogen-bond donors (Lipinski definition) is 0. The van der Waals surface area contributed by atoms with Gasteiger partial charge in [0.05, 0.1) is 6.10 Å². The second kappa shape index (κ2) is 11.6. The Balaban J connectivity index is 0.000000345. The van der Waals surface area contributed by atoms with Crippen molar-refractivity contribution in [3.05, 3.63) is 0 Å². The van der Waals surface area contributed by atoms with Crippen molar-refractivity contribution in [1.29, 1.82) is 0 Å². The third kappa shape index (κ3) is 9.77. The minimum absolute atomic E-state index is 0. The molecule has 122 valence electrons. The van der Waals surface area contributed by atoms with E-state index in [1.807, 2.05) is 0 Å². The predicted molar refractivity (Wildman–Crippen MR) is 90.3 cm³/mol. The number of nitrogens with zero attached hydrogens (tertiary/aromatic N) is 1. The molecule has 2 heterocycles. The number of hydrogen-bond acceptors (Lipinski definition) is 2. The lowest BCUT2D eigenvalue weighted by Gasteiger charge is -2.27. The Hall–Kier alpha value is -0.0800. The molecule has 0 aromatic rings. The predicted octanol–water partition coefficient (Wildman–Crippen LogP) is 4.98. The zero-order valence-electron chi connectivity index (χ0n) is 13.7. The first-order valence-electron chi connectivity index (χ1n) is 8.42. The Morgan fingerprint density at radius 2 is 1.60 bits per heavy atom. The molecule has 0 spiro atoms. The summed E-state index contributed by atoms with van der Waals surface area (Å²) in [6.45, 7) is 14.1. The van der Waals surface area contributed by atoms with Gasteiger partial charge in [0.15, 0.2) is 0 Å². The van der Waals surface area contributed by atoms with Gasteiger partial charge in [0.1, 0.15) is 0 Å². The molecule has 2 rings (SSSR count). The van der Waals surface area contributed by atoms with E-state index in [0.29, 0.717) is 6.10 Å². The van der Waals surface area contributed by atoms with E-state index >= 15 is 0 Å². The molecule has 2 nitrogen and oxygen atoms in total. The molecule has 1 unspecified atom stereocenters. The molecule has 2 aliphatic heterocycles. The fraction of sp³-hybridized carbons (Fsp3) is 1.00. The molecule has 0 radical (unpaired) electrons. The first kappa shape index (κ1) is 19.9. The van der Waals surface area contributed by atoms with Gasteiger partial charge in [-0.05, 0) is 57.0 Å². The van der Waals surface area contributed by atoms with Crippen LogP contribution in [0.1, 0.15) is 73.6 Å². The highest BCUT2D eigenvalue weighted by Crippen LogP contribution is 2.18. The summed E-state index contributed by atoms with van der Waals surface area (Å²) in [4.78, 5) is 2.59. The van der Waals surface area contributed by atoms with Crippen molar-refractivity contribution in [2.75, 3.05) is 26.2 Å². The van der Waals surface area contributed by atoms with Crippen molar-refractivity contribution in [2.45, 2.75) is 79.8 Å². The summed E-state index contributed by atoms with van der Waals surface area (Å²) >= 11 is 0. The Morgan fingerprint density at radius 1 is 0.950 bits per heavy atom. The average Bonchev–Trinajstić information content (AvgIpc) is 2.82. The third-order valence-corrected chi connectivity index (χ3v) is 3.83. The van der Waals surface area contributed by atoms with Crippen molar-refractivity contribution < 1.29 is 4.74 Å². The molecular formula is C18H39NO. The molecule has 0 saturated carbocycles. The van der Waals surface area contributed by atoms with E-state index in [9.17, 15) is 0 Å². The Kier molecular flexibility index (Phi) is 11.5. The number of piperidine rings is 1. The molecule has 0 aromatic carbocycles. The van der Waals surface area contributed by atoms with Crippen LogP contribution in [0.15, 0.2) is 0 Å². The molecule has 2 saturated heterocycles. The highest BCUT2D eigenvalue weighted by Gasteiger charge is 2.15. The SMILES string of the molecule is C.CC(C)CC1CCCO1.CC(C)CN1CCCCC1. The lowest BCUT2D eigenvalue weighted by molar-refractivity contribution is 0.0939. The first-order chi connectivity index (χ1) is 9.08. The lowest BCUT2D eigenvalue weighted by atomic mass is 10.0. The molecule has 2 fully saturated rings. The van der Waals surface area contributed by atoms with Crippen molar-refractivity contribution in [3.8, 4) is 0 Å². The van der Waals surface area contributed by atoms with E-state index in [0.717, 1.165) is 18.4 Å². The van der Waals surface area contributed by atoms with Gasteiger partial charge in [-0.25, -0.2) is 0 Å². The van der Waals surface area contributed by atoms with Gasteiger partial charge in [0.25, 0.3) is 0 Å². The molecule has 0 amide bonds. The second-order valence-electron chi connectivity index (χ2n) is 7.02. The molecule has 0 bridgehead atoms. The van der Waals surface area contributed by atoms with Crippen LogP contribution in [0, 0.1) is 11.8 Å². The maximum absolute atomic E-state index is 5.46. The fourth-order valence-electron chi connectivity index (χ4n) is 3.01. The summed E-state index contributed by atoms with van der Waals surface area (Å²) in [5, 5.41) is 0. The minimum atomic E-state index is 0. The molecule has 20 heavy (non-hydrogen) atoms. The highest BCUT2D eigenvalue weighted by molar-refractivity contribution is 4.66. The summed E-state index contributed by atoms with van der Waals surface area (Å²) < 4.78 is 5.46. The van der Waals surface area contributed by atoms with E-state index in [4.69, 9.17) is 4.74 Å². The summed E-state index contributed by atoms with van der Waals surface area (Å²) in [7, 11) is 0. The normalized spacial score (nSPS) is 23.4. The fourth-order valence-corrected chi connectivity index (χ4v) is 3.01. The van der Waals surface area contributed by atoms with Gasteiger partial charge in [0.2, 0.25) is 0 Å². The topological polar surface area (TPSA) is 12.5 Å². The van der Waals surface area contributed by atoms with Crippen LogP contribution in [-0.2, 0) is 4.74 Å². The number of ether oxygens (including phenoxy) is 1. The van der Waals surface area contributed by atoms with Crippen molar-refractivity contribution in [3.63, 3.8) is 0 Å². The number of rotatable bonds is 4. The van der Waals surface area contributed by atoms with E-state index in [-0.39, 0.29) is 7.43 Å². The van der Waals surface area contributed by atoms with E-state index in [1.54, 1.807) is 0 Å². The molecule has 0 N–H and O–H groups in total. The first-order valence-corrected chi connectivity index (χ1v) is 8.42. The van der Waals surface area contributed by atoms with Crippen LogP contribution in [-0.4, -0.2) is 37.2 Å². The number of likely N-dealkylation sites (tertiary alicyclic amines) is 1. The highest BCUT2D eigenvalue weighted by atomic mass is 16.5. The molecule has 0 aromatic heterocycles. The van der Waals surface area contributed by atoms with Gasteiger partial charge in [-0.3, -0.25) is 0 Å². The monoisotopic (exact) mass is 285 g/mol. The smallest absolute Gasteiger partial charge is 0.0578 e. The molecule has 0 aliphatic carbocycles. The summed E-state index contributed by atoms with van der Waals surface area (Å²) in [5.41, 5.74) is 0. The largest absolute Gasteiger partial charge is 0.378 e. The zero-order valence-corrected chi connectivity index (χ0v) is 13.7. The Morgan fingerprint density at radius 3 is 2.05 bits per heavy atom. The van der Waals surface area contributed by atoms with Gasteiger partial charge in [-0.1, -0.05) is 41.5 Å². The third-order valence-electron chi connectivity index (χ3n) is 3.83. The van der Waals surface area contributed by atoms with Crippen LogP contribution in [0.3, 0.4) is 0 Å². The van der Waals surface area contributed by atoms with Gasteiger partial charge < -0.3 is 9.64 Å². The minimum Gasteiger partial charge on any atom is -0.378 e. The van der Waals surface area contributed by atoms with Crippen molar-refractivity contribution in [2.24, 2.45) is 11.8 Å². The summed E-state index contributed by atoms with van der Waals surface area (Å²) in [5.74, 6) is 1.64. The molecule has 2 heteroatoms. The lowest BCUT2D eigenvalue weighted by Crippen LogP contribution is -2.32. The van der Waals surface area contributed by atoms with Gasteiger partial charge in [-0.15, -0.1) is 0 Å². The summed E-state index contributed by atoms with van der Waals surface area (Å²) in [6, 6.07) is 0. The molecule has 2 aliphatic rings. The van der Waals surface area contributed by atoms with Crippen LogP contribution >= 0.6 is 0 Å². The van der Waals surface area contributed by atoms with Crippen molar-refractivity contribution >= 4 is 0 Å². The van der Waals surface area contributed by atoms with Crippen LogP contribution in [0.2, 0.25) is 0 Å². The van der Waals surface area contributed by atoms with Gasteiger partial charge in [-0.2, -0.15) is 0 Å². The quantitative estimate of drug-likeness (QED) is 0.722. The average molecular weight is 286 g/mol. The van der Waals surface area contributed by atoms with Crippen LogP contribution in [0.4, 0.5) is 0 Å². The second-order valence-corrected chi connectivity index (χ2v) is 7.02.